The lowest BCUT2D eigenvalue weighted by Crippen LogP contribution is -2.43. The van der Waals surface area contributed by atoms with Crippen molar-refractivity contribution in [2.24, 2.45) is 0 Å². The van der Waals surface area contributed by atoms with Crippen LogP contribution in [0, 0.1) is 0 Å². The molecule has 0 saturated carbocycles. The number of anilines is 1. The number of nitrogens with zero attached hydrogens (tertiary/aromatic N) is 2. The van der Waals surface area contributed by atoms with Gasteiger partial charge >= 0.3 is 6.18 Å². The Hall–Kier alpha value is -2.90. The van der Waals surface area contributed by atoms with Crippen LogP contribution in [0.3, 0.4) is 0 Å². The highest BCUT2D eigenvalue weighted by Gasteiger charge is 2.32. The third kappa shape index (κ3) is 4.04. The van der Waals surface area contributed by atoms with Crippen molar-refractivity contribution >= 4 is 17.4 Å². The van der Waals surface area contributed by atoms with E-state index in [0.29, 0.717) is 18.5 Å². The van der Waals surface area contributed by atoms with Crippen molar-refractivity contribution in [2.45, 2.75) is 44.7 Å². The molecule has 0 radical (unpaired) electrons. The molecule has 0 saturated heterocycles. The average Bonchev–Trinajstić information content (AvgIpc) is 2.91. The number of aryl methyl sites for hydroxylation is 1. The fourth-order valence-corrected chi connectivity index (χ4v) is 3.96. The Bertz CT molecular complexity index is 1030. The summed E-state index contributed by atoms with van der Waals surface area (Å²) < 4.78 is 37.5. The Morgan fingerprint density at radius 2 is 2.03 bits per heavy atom. The molecule has 4 rings (SSSR count). The highest BCUT2D eigenvalue weighted by atomic mass is 19.4. The summed E-state index contributed by atoms with van der Waals surface area (Å²) in [5, 5.41) is 5.18. The van der Waals surface area contributed by atoms with Gasteiger partial charge in [-0.3, -0.25) is 4.79 Å². The molecule has 0 atom stereocenters. The lowest BCUT2D eigenvalue weighted by molar-refractivity contribution is -0.115. The summed E-state index contributed by atoms with van der Waals surface area (Å²) in [6, 6.07) is 5.80. The van der Waals surface area contributed by atoms with E-state index in [1.165, 1.54) is 0 Å². The number of nitrogens with one attached hydrogen (secondary N) is 2. The normalized spacial score (nSPS) is 17.9. The standard InChI is InChI=1S/C22H23F3N4O/c1-21(2)11-27-19(30)15-8-7-13(9-17(15)21)14-5-3-4-6-18-16(14)10-26-20(29-18)28-12-22(23,24)25/h5,7-10H,3-4,6,11-12H2,1-2H3,(H,27,30)(H,26,28,29). The Morgan fingerprint density at radius 3 is 2.80 bits per heavy atom. The van der Waals surface area contributed by atoms with E-state index in [-0.39, 0.29) is 17.3 Å². The smallest absolute Gasteiger partial charge is 0.351 e. The highest BCUT2D eigenvalue weighted by molar-refractivity contribution is 5.98. The average molecular weight is 416 g/mol. The molecule has 1 amide bonds. The zero-order chi connectivity index (χ0) is 21.5. The van der Waals surface area contributed by atoms with Gasteiger partial charge in [0.25, 0.3) is 5.91 Å². The van der Waals surface area contributed by atoms with Crippen molar-refractivity contribution in [3.63, 3.8) is 0 Å². The van der Waals surface area contributed by atoms with Gasteiger partial charge in [0.15, 0.2) is 0 Å². The molecule has 2 aromatic rings. The SMILES string of the molecule is CC1(C)CNC(=O)c2ccc(C3=CCCCc4nc(NCC(F)(F)F)ncc43)cc21. The molecule has 0 spiro atoms. The van der Waals surface area contributed by atoms with Crippen molar-refractivity contribution in [1.82, 2.24) is 15.3 Å². The van der Waals surface area contributed by atoms with Crippen LogP contribution in [0.25, 0.3) is 5.57 Å². The Labute approximate surface area is 172 Å². The summed E-state index contributed by atoms with van der Waals surface area (Å²) in [4.78, 5) is 20.7. The number of aromatic nitrogens is 2. The summed E-state index contributed by atoms with van der Waals surface area (Å²) in [6.07, 6.45) is 1.73. The van der Waals surface area contributed by atoms with Crippen LogP contribution in [-0.4, -0.2) is 35.1 Å². The van der Waals surface area contributed by atoms with Crippen LogP contribution in [0.2, 0.25) is 0 Å². The summed E-state index contributed by atoms with van der Waals surface area (Å²) >= 11 is 0. The van der Waals surface area contributed by atoms with Gasteiger partial charge in [-0.05, 0) is 48.1 Å². The van der Waals surface area contributed by atoms with E-state index in [9.17, 15) is 18.0 Å². The lowest BCUT2D eigenvalue weighted by atomic mass is 9.77. The molecular formula is C22H23F3N4O. The second-order valence-electron chi connectivity index (χ2n) is 8.36. The monoisotopic (exact) mass is 416 g/mol. The third-order valence-corrected chi connectivity index (χ3v) is 5.57. The zero-order valence-corrected chi connectivity index (χ0v) is 16.9. The summed E-state index contributed by atoms with van der Waals surface area (Å²) in [6.45, 7) is 3.57. The van der Waals surface area contributed by atoms with Crippen LogP contribution in [0.4, 0.5) is 19.1 Å². The number of benzene rings is 1. The number of halogens is 3. The van der Waals surface area contributed by atoms with Crippen molar-refractivity contribution in [2.75, 3.05) is 18.4 Å². The molecule has 158 valence electrons. The van der Waals surface area contributed by atoms with Gasteiger partial charge in [0.05, 0.1) is 5.69 Å². The molecule has 1 aromatic carbocycles. The predicted octanol–water partition coefficient (Wildman–Crippen LogP) is 4.24. The molecule has 0 fully saturated rings. The van der Waals surface area contributed by atoms with Gasteiger partial charge in [0.2, 0.25) is 5.95 Å². The molecule has 1 aromatic heterocycles. The molecule has 2 N–H and O–H groups in total. The minimum absolute atomic E-state index is 0.0180. The highest BCUT2D eigenvalue weighted by Crippen LogP contribution is 2.35. The van der Waals surface area contributed by atoms with E-state index < -0.39 is 12.7 Å². The zero-order valence-electron chi connectivity index (χ0n) is 16.9. The number of amides is 1. The molecule has 0 bridgehead atoms. The van der Waals surface area contributed by atoms with Crippen LogP contribution in [0.5, 0.6) is 0 Å². The second-order valence-corrected chi connectivity index (χ2v) is 8.36. The summed E-state index contributed by atoms with van der Waals surface area (Å²) in [5.74, 6) is -0.0922. The first-order valence-corrected chi connectivity index (χ1v) is 9.94. The minimum atomic E-state index is -4.33. The molecule has 8 heteroatoms. The van der Waals surface area contributed by atoms with Crippen LogP contribution >= 0.6 is 0 Å². The number of alkyl halides is 3. The van der Waals surface area contributed by atoms with E-state index in [1.54, 1.807) is 6.20 Å². The van der Waals surface area contributed by atoms with Gasteiger partial charge in [-0.15, -0.1) is 0 Å². The van der Waals surface area contributed by atoms with E-state index in [4.69, 9.17) is 0 Å². The number of fused-ring (bicyclic) bond motifs is 2. The lowest BCUT2D eigenvalue weighted by Gasteiger charge is -2.33. The molecular weight excluding hydrogens is 393 g/mol. The van der Waals surface area contributed by atoms with Gasteiger partial charge < -0.3 is 10.6 Å². The van der Waals surface area contributed by atoms with Crippen LogP contribution in [0.15, 0.2) is 30.5 Å². The molecule has 1 aliphatic carbocycles. The van der Waals surface area contributed by atoms with Crippen molar-refractivity contribution < 1.29 is 18.0 Å². The number of hydrogen-bond acceptors (Lipinski definition) is 4. The maximum absolute atomic E-state index is 12.5. The van der Waals surface area contributed by atoms with Crippen molar-refractivity contribution in [3.8, 4) is 0 Å². The Morgan fingerprint density at radius 1 is 1.23 bits per heavy atom. The third-order valence-electron chi connectivity index (χ3n) is 5.57. The molecule has 2 aliphatic rings. The number of carbonyl (C=O) groups excluding carboxylic acids is 1. The number of rotatable bonds is 3. The van der Waals surface area contributed by atoms with Crippen molar-refractivity contribution in [1.29, 1.82) is 0 Å². The predicted molar refractivity (Wildman–Crippen MR) is 108 cm³/mol. The van der Waals surface area contributed by atoms with E-state index >= 15 is 0 Å². The summed E-state index contributed by atoms with van der Waals surface area (Å²) in [5.41, 5.74) is 4.92. The first-order valence-electron chi connectivity index (χ1n) is 9.94. The largest absolute Gasteiger partial charge is 0.405 e. The first kappa shape index (κ1) is 20.4. The summed E-state index contributed by atoms with van der Waals surface area (Å²) in [7, 11) is 0. The first-order chi connectivity index (χ1) is 14.1. The fraction of sp³-hybridized carbons (Fsp3) is 0.409. The van der Waals surface area contributed by atoms with Gasteiger partial charge in [-0.1, -0.05) is 26.0 Å². The topological polar surface area (TPSA) is 66.9 Å². The van der Waals surface area contributed by atoms with E-state index in [1.807, 2.05) is 18.2 Å². The maximum Gasteiger partial charge on any atom is 0.405 e. The number of allylic oxidation sites excluding steroid dienone is 1. The second kappa shape index (κ2) is 7.41. The molecule has 5 nitrogen and oxygen atoms in total. The fourth-order valence-electron chi connectivity index (χ4n) is 3.96. The maximum atomic E-state index is 12.5. The molecule has 0 unspecified atom stereocenters. The number of hydrogen-bond donors (Lipinski definition) is 2. The molecule has 30 heavy (non-hydrogen) atoms. The molecule has 2 heterocycles. The molecule has 1 aliphatic heterocycles. The number of carbonyl (C=O) groups is 1. The quantitative estimate of drug-likeness (QED) is 0.786. The van der Waals surface area contributed by atoms with Gasteiger partial charge in [-0.2, -0.15) is 13.2 Å². The van der Waals surface area contributed by atoms with E-state index in [0.717, 1.165) is 40.8 Å². The van der Waals surface area contributed by atoms with Gasteiger partial charge in [-0.25, -0.2) is 9.97 Å². The van der Waals surface area contributed by atoms with Crippen LogP contribution < -0.4 is 10.6 Å². The Kier molecular flexibility index (Phi) is 5.03. The minimum Gasteiger partial charge on any atom is -0.351 e. The van der Waals surface area contributed by atoms with Crippen molar-refractivity contribution in [3.05, 3.63) is 58.4 Å². The Balaban J connectivity index is 1.71. The van der Waals surface area contributed by atoms with Gasteiger partial charge in [0.1, 0.15) is 6.54 Å². The van der Waals surface area contributed by atoms with E-state index in [2.05, 4.69) is 40.5 Å². The van der Waals surface area contributed by atoms with Gasteiger partial charge in [0, 0.05) is 29.3 Å². The van der Waals surface area contributed by atoms with Crippen LogP contribution in [-0.2, 0) is 11.8 Å². The van der Waals surface area contributed by atoms with Crippen LogP contribution in [0.1, 0.15) is 59.4 Å².